The maximum atomic E-state index is 10.5. The van der Waals surface area contributed by atoms with E-state index in [-0.39, 0.29) is 4.90 Å². The van der Waals surface area contributed by atoms with Crippen molar-refractivity contribution >= 4 is 49.8 Å². The van der Waals surface area contributed by atoms with E-state index in [1.54, 1.807) is 0 Å². The topological polar surface area (TPSA) is 16.4 Å². The second-order valence-electron chi connectivity index (χ2n) is 11.0. The Bertz CT molecular complexity index is 4860. The molecule has 0 aliphatic heterocycles. The van der Waals surface area contributed by atoms with Gasteiger partial charge in [-0.2, -0.15) is 0 Å². The molecule has 10 aromatic rings. The van der Waals surface area contributed by atoms with Gasteiger partial charge in [-0.25, -0.2) is 0 Å². The molecule has 9 aromatic carbocycles. The van der Waals surface area contributed by atoms with Gasteiger partial charge in [0.25, 0.3) is 0 Å². The standard InChI is InChI=1S/C52H35NO/c1-4-17-36(18-5-1)37-31-33-40(34-32-37)53(48-29-15-14-25-44(48)43-24-11-10-23-41(43)38-19-6-2-7-20-38)49-35-47-51-42(39-21-8-3-9-22-39)28-16-30-50(51)54-52(47)46-27-13-12-26-45(46)49/h1-35H/i1D,2D,3D,4D,5D,6D,7D,8D,9D,10D,11D,12D,13D,14D,15D,16D,17D,18D,19D,20D,21D,22D,23D,24D,25D,26D,27D,28D,29D,30D,31D,32D,33D,34D,35D. The van der Waals surface area contributed by atoms with Crippen LogP contribution in [0.3, 0.4) is 0 Å². The van der Waals surface area contributed by atoms with E-state index in [1.165, 1.54) is 0 Å². The van der Waals surface area contributed by atoms with Crippen molar-refractivity contribution in [2.45, 2.75) is 0 Å². The number of hydrogen-bond donors (Lipinski definition) is 0. The van der Waals surface area contributed by atoms with E-state index in [2.05, 4.69) is 0 Å². The number of anilines is 3. The van der Waals surface area contributed by atoms with Crippen LogP contribution in [0.5, 0.6) is 0 Å². The number of benzene rings is 9. The summed E-state index contributed by atoms with van der Waals surface area (Å²) in [6.45, 7) is 0. The lowest BCUT2D eigenvalue weighted by molar-refractivity contribution is 0.673. The highest BCUT2D eigenvalue weighted by Gasteiger charge is 2.24. The zero-order valence-corrected chi connectivity index (χ0v) is 26.9. The first-order chi connectivity index (χ1) is 41.4. The molecule has 0 aliphatic rings. The van der Waals surface area contributed by atoms with Gasteiger partial charge in [-0.1, -0.05) is 181 Å². The second kappa shape index (κ2) is 13.4. The Labute approximate surface area is 364 Å². The van der Waals surface area contributed by atoms with Crippen molar-refractivity contribution in [3.8, 4) is 44.5 Å². The summed E-state index contributed by atoms with van der Waals surface area (Å²) in [6.07, 6.45) is 0. The third-order valence-corrected chi connectivity index (χ3v) is 8.05. The summed E-state index contributed by atoms with van der Waals surface area (Å²) in [5.74, 6) is 0. The molecule has 254 valence electrons. The molecule has 0 N–H and O–H groups in total. The number of hydrogen-bond acceptors (Lipinski definition) is 2. The molecule has 0 atom stereocenters. The third kappa shape index (κ3) is 5.44. The first-order valence-electron chi connectivity index (χ1n) is 33.1. The third-order valence-electron chi connectivity index (χ3n) is 8.05. The van der Waals surface area contributed by atoms with Crippen LogP contribution >= 0.6 is 0 Å². The minimum Gasteiger partial charge on any atom is -0.455 e. The Kier molecular flexibility index (Phi) is 2.97. The molecule has 1 heterocycles. The molecule has 0 spiro atoms. The highest BCUT2D eigenvalue weighted by atomic mass is 16.3. The van der Waals surface area contributed by atoms with Gasteiger partial charge in [0, 0.05) is 32.8 Å². The smallest absolute Gasteiger partial charge is 0.143 e. The van der Waals surface area contributed by atoms with Crippen LogP contribution in [0.15, 0.2) is 216 Å². The molecule has 10 rings (SSSR count). The fourth-order valence-corrected chi connectivity index (χ4v) is 5.81. The molecule has 0 radical (unpaired) electrons. The lowest BCUT2D eigenvalue weighted by Gasteiger charge is -2.30. The average Bonchev–Trinajstić information content (AvgIpc) is 1.68. The second-order valence-corrected chi connectivity index (χ2v) is 11.0. The molecule has 0 aliphatic carbocycles. The SMILES string of the molecule is [2H]c1c([2H])c([2H])c(-c2c([2H])c([2H])c(N(c3c([2H])c([2H])c([2H])c([2H])c3-c3c([2H])c([2H])c([2H])c([2H])c3-c3c([2H])c([2H])c([2H])c([2H])c3[2H])c3c([2H])c4c(oc5c([2H])c([2H])c([2H])c(-c6c([2H])c([2H])c([2H])c([2H])c6[2H])c54)c4c([2H])c([2H])c([2H])c([2H])c34)c([2H])c2[2H])c([2H])c1[2H]. The molecule has 0 saturated heterocycles. The Morgan fingerprint density at radius 1 is 0.352 bits per heavy atom. The molecule has 54 heavy (non-hydrogen) atoms. The van der Waals surface area contributed by atoms with Crippen LogP contribution in [-0.4, -0.2) is 0 Å². The number of para-hydroxylation sites is 1. The minimum atomic E-state index is -1.43. The van der Waals surface area contributed by atoms with Gasteiger partial charge < -0.3 is 9.32 Å². The van der Waals surface area contributed by atoms with Crippen LogP contribution in [0.4, 0.5) is 17.1 Å². The van der Waals surface area contributed by atoms with Gasteiger partial charge in [0.05, 0.1) is 59.4 Å². The molecular formula is C52H35NO. The van der Waals surface area contributed by atoms with Gasteiger partial charge in [-0.15, -0.1) is 0 Å². The lowest BCUT2D eigenvalue weighted by Crippen LogP contribution is -2.12. The Morgan fingerprint density at radius 3 is 1.57 bits per heavy atom. The molecule has 1 aromatic heterocycles. The Balaban J connectivity index is 1.59. The number of fused-ring (bicyclic) bond motifs is 5. The normalized spacial score (nSPS) is 20.4. The lowest BCUT2D eigenvalue weighted by atomic mass is 9.92. The van der Waals surface area contributed by atoms with Crippen LogP contribution in [0, 0.1) is 0 Å². The number of rotatable bonds is 7. The van der Waals surface area contributed by atoms with E-state index in [0.717, 1.165) is 0 Å². The zero-order valence-electron chi connectivity index (χ0n) is 61.9. The van der Waals surface area contributed by atoms with Crippen molar-refractivity contribution < 1.29 is 52.4 Å². The molecule has 0 bridgehead atoms. The molecule has 0 amide bonds. The van der Waals surface area contributed by atoms with Crippen LogP contribution in [0.25, 0.3) is 77.2 Å². The van der Waals surface area contributed by atoms with Crippen LogP contribution < -0.4 is 4.90 Å². The minimum absolute atomic E-state index is 0.280. The number of nitrogens with zero attached hydrogens (tertiary/aromatic N) is 1. The first kappa shape index (κ1) is 11.9. The van der Waals surface area contributed by atoms with Crippen LogP contribution in [0.1, 0.15) is 48.0 Å². The van der Waals surface area contributed by atoms with Gasteiger partial charge in [0.1, 0.15) is 11.2 Å². The summed E-state index contributed by atoms with van der Waals surface area (Å²) in [5, 5.41) is -3.57. The monoisotopic (exact) mass is 724 g/mol. The van der Waals surface area contributed by atoms with Gasteiger partial charge in [-0.05, 0) is 69.2 Å². The van der Waals surface area contributed by atoms with E-state index in [9.17, 15) is 17.8 Å². The number of furan rings is 1. The largest absolute Gasteiger partial charge is 0.455 e. The van der Waals surface area contributed by atoms with Crippen LogP contribution in [-0.2, 0) is 0 Å². The zero-order chi connectivity index (χ0) is 66.3. The van der Waals surface area contributed by atoms with Gasteiger partial charge in [0.2, 0.25) is 0 Å². The van der Waals surface area contributed by atoms with Crippen LogP contribution in [0.2, 0.25) is 0 Å². The first-order valence-corrected chi connectivity index (χ1v) is 15.6. The molecule has 0 saturated carbocycles. The molecule has 0 unspecified atom stereocenters. The molecule has 2 nitrogen and oxygen atoms in total. The summed E-state index contributed by atoms with van der Waals surface area (Å²) in [5.41, 5.74) is -13.8. The molecule has 2 heteroatoms. The summed E-state index contributed by atoms with van der Waals surface area (Å²) < 4.78 is 325. The van der Waals surface area contributed by atoms with E-state index in [1.807, 2.05) is 0 Å². The highest BCUT2D eigenvalue weighted by molar-refractivity contribution is 6.22. The Hall–Kier alpha value is -7.16. The summed E-state index contributed by atoms with van der Waals surface area (Å²) in [4.78, 5) is 0.280. The Morgan fingerprint density at radius 2 is 0.870 bits per heavy atom. The van der Waals surface area contributed by atoms with Crippen molar-refractivity contribution in [2.24, 2.45) is 0 Å². The van der Waals surface area contributed by atoms with E-state index < -0.39 is 306 Å². The quantitative estimate of drug-likeness (QED) is 0.163. The highest BCUT2D eigenvalue weighted by Crippen LogP contribution is 2.49. The maximum absolute atomic E-state index is 10.5. The summed E-state index contributed by atoms with van der Waals surface area (Å²) in [7, 11) is 0. The van der Waals surface area contributed by atoms with Gasteiger partial charge >= 0.3 is 0 Å². The summed E-state index contributed by atoms with van der Waals surface area (Å²) >= 11 is 0. The van der Waals surface area contributed by atoms with Gasteiger partial charge in [-0.3, -0.25) is 0 Å². The van der Waals surface area contributed by atoms with Crippen molar-refractivity contribution in [1.29, 1.82) is 0 Å². The predicted molar refractivity (Wildman–Crippen MR) is 228 cm³/mol. The van der Waals surface area contributed by atoms with Crippen molar-refractivity contribution in [1.82, 2.24) is 0 Å². The van der Waals surface area contributed by atoms with Crippen molar-refractivity contribution in [2.75, 3.05) is 4.90 Å². The molecule has 0 fully saturated rings. The fraction of sp³-hybridized carbons (Fsp3) is 0. The van der Waals surface area contributed by atoms with E-state index in [4.69, 9.17) is 34.6 Å². The summed E-state index contributed by atoms with van der Waals surface area (Å²) in [6, 6.07) is -40.6. The molecular weight excluding hydrogens is 655 g/mol. The van der Waals surface area contributed by atoms with Crippen molar-refractivity contribution in [3.63, 3.8) is 0 Å². The van der Waals surface area contributed by atoms with E-state index in [0.29, 0.717) is 0 Å². The van der Waals surface area contributed by atoms with Gasteiger partial charge in [0.15, 0.2) is 0 Å². The predicted octanol–water partition coefficient (Wildman–Crippen LogP) is 14.9. The van der Waals surface area contributed by atoms with Crippen molar-refractivity contribution in [3.05, 3.63) is 211 Å². The average molecular weight is 725 g/mol. The fourth-order valence-electron chi connectivity index (χ4n) is 5.81. The maximum Gasteiger partial charge on any atom is 0.143 e. The van der Waals surface area contributed by atoms with E-state index >= 15 is 0 Å².